The molecule has 0 saturated heterocycles. The first-order valence-corrected chi connectivity index (χ1v) is 6.00. The number of nitrogen functional groups attached to an aromatic ring is 1. The molecule has 0 saturated carbocycles. The molecule has 0 unspecified atom stereocenters. The quantitative estimate of drug-likeness (QED) is 0.760. The molecule has 0 bridgehead atoms. The molecule has 1 rings (SSSR count). The minimum atomic E-state index is 0.430. The van der Waals surface area contributed by atoms with Crippen LogP contribution in [0.15, 0.2) is 6.07 Å². The monoisotopic (exact) mass is 220 g/mol. The highest BCUT2D eigenvalue weighted by Gasteiger charge is 2.13. The molecule has 0 fully saturated rings. The highest BCUT2D eigenvalue weighted by Crippen LogP contribution is 2.33. The number of nitrogens with two attached hydrogens (primary N) is 1. The van der Waals surface area contributed by atoms with E-state index < -0.39 is 0 Å². The lowest BCUT2D eigenvalue weighted by molar-refractivity contribution is 0.849. The van der Waals surface area contributed by atoms with Gasteiger partial charge in [-0.15, -0.1) is 0 Å². The van der Waals surface area contributed by atoms with Gasteiger partial charge in [0.25, 0.3) is 0 Å². The van der Waals surface area contributed by atoms with Crippen molar-refractivity contribution in [3.05, 3.63) is 22.8 Å². The molecule has 16 heavy (non-hydrogen) atoms. The molecule has 0 amide bonds. The molecule has 1 aromatic rings. The Hall–Kier alpha value is -1.18. The highest BCUT2D eigenvalue weighted by molar-refractivity contribution is 5.70. The molecule has 2 nitrogen and oxygen atoms in total. The lowest BCUT2D eigenvalue weighted by Gasteiger charge is -2.21. The summed E-state index contributed by atoms with van der Waals surface area (Å²) in [6.45, 7) is 13.0. The average Bonchev–Trinajstić information content (AvgIpc) is 2.17. The second-order valence-electron chi connectivity index (χ2n) is 5.13. The zero-order valence-corrected chi connectivity index (χ0v) is 11.3. The number of nitrogens with one attached hydrogen (secondary N) is 1. The van der Waals surface area contributed by atoms with Crippen LogP contribution in [0, 0.1) is 13.8 Å². The minimum Gasteiger partial charge on any atom is -0.398 e. The van der Waals surface area contributed by atoms with Gasteiger partial charge in [-0.3, -0.25) is 0 Å². The molecule has 0 spiro atoms. The summed E-state index contributed by atoms with van der Waals surface area (Å²) in [4.78, 5) is 0. The number of rotatable bonds is 3. The van der Waals surface area contributed by atoms with Crippen molar-refractivity contribution in [2.75, 3.05) is 11.1 Å². The smallest absolute Gasteiger partial charge is 0.0425 e. The van der Waals surface area contributed by atoms with Gasteiger partial charge in [0.1, 0.15) is 0 Å². The Morgan fingerprint density at radius 1 is 1.06 bits per heavy atom. The first kappa shape index (κ1) is 12.9. The van der Waals surface area contributed by atoms with Crippen LogP contribution >= 0.6 is 0 Å². The van der Waals surface area contributed by atoms with Gasteiger partial charge in [0.05, 0.1) is 0 Å². The highest BCUT2D eigenvalue weighted by atomic mass is 14.9. The molecule has 3 N–H and O–H groups in total. The Morgan fingerprint density at radius 3 is 2.06 bits per heavy atom. The van der Waals surface area contributed by atoms with Crippen LogP contribution in [-0.2, 0) is 0 Å². The Balaban J connectivity index is 3.33. The third-order valence-electron chi connectivity index (χ3n) is 2.98. The SMILES string of the molecule is Cc1c(N)cc(C(C)C)c(C)c1NC(C)C. The van der Waals surface area contributed by atoms with Crippen LogP contribution in [0.4, 0.5) is 11.4 Å². The molecule has 0 heterocycles. The summed E-state index contributed by atoms with van der Waals surface area (Å²) in [6, 6.07) is 2.54. The van der Waals surface area contributed by atoms with Crippen LogP contribution in [0.5, 0.6) is 0 Å². The van der Waals surface area contributed by atoms with Crippen molar-refractivity contribution in [3.63, 3.8) is 0 Å². The first-order chi connectivity index (χ1) is 7.34. The molecule has 0 aliphatic carbocycles. The van der Waals surface area contributed by atoms with E-state index in [0.717, 1.165) is 11.3 Å². The fraction of sp³-hybridized carbons (Fsp3) is 0.571. The van der Waals surface area contributed by atoms with E-state index in [9.17, 15) is 0 Å². The maximum absolute atomic E-state index is 6.06. The average molecular weight is 220 g/mol. The third-order valence-corrected chi connectivity index (χ3v) is 2.98. The summed E-state index contributed by atoms with van der Waals surface area (Å²) in [7, 11) is 0. The van der Waals surface area contributed by atoms with E-state index in [2.05, 4.69) is 52.9 Å². The number of hydrogen-bond donors (Lipinski definition) is 2. The Bertz CT molecular complexity index is 379. The third kappa shape index (κ3) is 2.49. The molecule has 0 radical (unpaired) electrons. The van der Waals surface area contributed by atoms with E-state index in [-0.39, 0.29) is 0 Å². The van der Waals surface area contributed by atoms with Crippen molar-refractivity contribution in [2.45, 2.75) is 53.5 Å². The maximum Gasteiger partial charge on any atom is 0.0425 e. The van der Waals surface area contributed by atoms with Gasteiger partial charge in [-0.25, -0.2) is 0 Å². The van der Waals surface area contributed by atoms with Gasteiger partial charge in [0.2, 0.25) is 0 Å². The molecule has 0 atom stereocenters. The second kappa shape index (κ2) is 4.77. The van der Waals surface area contributed by atoms with Crippen molar-refractivity contribution < 1.29 is 0 Å². The van der Waals surface area contributed by atoms with Crippen LogP contribution < -0.4 is 11.1 Å². The fourth-order valence-electron chi connectivity index (χ4n) is 2.06. The van der Waals surface area contributed by atoms with E-state index >= 15 is 0 Å². The molecular weight excluding hydrogens is 196 g/mol. The standard InChI is InChI=1S/C14H24N2/c1-8(2)12-7-13(15)11(6)14(10(12)5)16-9(3)4/h7-9,16H,15H2,1-6H3. The number of anilines is 2. The molecule has 0 aliphatic heterocycles. The van der Waals surface area contributed by atoms with Crippen LogP contribution in [0.1, 0.15) is 50.3 Å². The predicted molar refractivity (Wildman–Crippen MR) is 73.2 cm³/mol. The second-order valence-corrected chi connectivity index (χ2v) is 5.13. The molecular formula is C14H24N2. The van der Waals surface area contributed by atoms with Crippen LogP contribution in [-0.4, -0.2) is 6.04 Å². The van der Waals surface area contributed by atoms with E-state index in [0.29, 0.717) is 12.0 Å². The predicted octanol–water partition coefficient (Wildman–Crippen LogP) is 3.83. The normalized spacial score (nSPS) is 11.2. The van der Waals surface area contributed by atoms with Gasteiger partial charge < -0.3 is 11.1 Å². The lowest BCUT2D eigenvalue weighted by atomic mass is 9.93. The van der Waals surface area contributed by atoms with Gasteiger partial charge in [0, 0.05) is 17.4 Å². The molecule has 1 aromatic carbocycles. The fourth-order valence-corrected chi connectivity index (χ4v) is 2.06. The van der Waals surface area contributed by atoms with Gasteiger partial charge in [-0.05, 0) is 56.4 Å². The van der Waals surface area contributed by atoms with Crippen LogP contribution in [0.25, 0.3) is 0 Å². The summed E-state index contributed by atoms with van der Waals surface area (Å²) in [5.41, 5.74) is 12.0. The van der Waals surface area contributed by atoms with Gasteiger partial charge in [-0.1, -0.05) is 13.8 Å². The topological polar surface area (TPSA) is 38.0 Å². The summed E-state index contributed by atoms with van der Waals surface area (Å²) in [5.74, 6) is 0.510. The van der Waals surface area contributed by atoms with Crippen LogP contribution in [0.2, 0.25) is 0 Å². The van der Waals surface area contributed by atoms with E-state index in [1.807, 2.05) is 0 Å². The van der Waals surface area contributed by atoms with Crippen molar-refractivity contribution in [3.8, 4) is 0 Å². The maximum atomic E-state index is 6.06. The molecule has 0 aliphatic rings. The Morgan fingerprint density at radius 2 is 1.62 bits per heavy atom. The Labute approximate surface area is 99.2 Å². The molecule has 90 valence electrons. The van der Waals surface area contributed by atoms with Crippen molar-refractivity contribution in [1.82, 2.24) is 0 Å². The number of hydrogen-bond acceptors (Lipinski definition) is 2. The zero-order valence-electron chi connectivity index (χ0n) is 11.3. The van der Waals surface area contributed by atoms with Gasteiger partial charge >= 0.3 is 0 Å². The first-order valence-electron chi connectivity index (χ1n) is 6.00. The van der Waals surface area contributed by atoms with E-state index in [1.165, 1.54) is 16.8 Å². The van der Waals surface area contributed by atoms with Gasteiger partial charge in [-0.2, -0.15) is 0 Å². The minimum absolute atomic E-state index is 0.430. The van der Waals surface area contributed by atoms with Gasteiger partial charge in [0.15, 0.2) is 0 Å². The van der Waals surface area contributed by atoms with Crippen molar-refractivity contribution >= 4 is 11.4 Å². The van der Waals surface area contributed by atoms with E-state index in [4.69, 9.17) is 5.73 Å². The summed E-state index contributed by atoms with van der Waals surface area (Å²) >= 11 is 0. The lowest BCUT2D eigenvalue weighted by Crippen LogP contribution is -2.14. The largest absolute Gasteiger partial charge is 0.398 e. The molecule has 2 heteroatoms. The van der Waals surface area contributed by atoms with E-state index in [1.54, 1.807) is 0 Å². The Kier molecular flexibility index (Phi) is 3.84. The zero-order chi connectivity index (χ0) is 12.5. The molecule has 0 aromatic heterocycles. The van der Waals surface area contributed by atoms with Crippen molar-refractivity contribution in [2.24, 2.45) is 0 Å². The van der Waals surface area contributed by atoms with Crippen molar-refractivity contribution in [1.29, 1.82) is 0 Å². The summed E-state index contributed by atoms with van der Waals surface area (Å²) in [5, 5.41) is 3.50. The van der Waals surface area contributed by atoms with Crippen LogP contribution in [0.3, 0.4) is 0 Å². The number of benzene rings is 1. The summed E-state index contributed by atoms with van der Waals surface area (Å²) < 4.78 is 0. The summed E-state index contributed by atoms with van der Waals surface area (Å²) in [6.07, 6.45) is 0.